The molecule has 1 aliphatic rings. The lowest BCUT2D eigenvalue weighted by atomic mass is 10.1. The summed E-state index contributed by atoms with van der Waals surface area (Å²) >= 11 is 0. The summed E-state index contributed by atoms with van der Waals surface area (Å²) in [4.78, 5) is 22.7. The minimum absolute atomic E-state index is 0.270. The number of aromatic hydroxyl groups is 2. The SMILES string of the molecule is C[C@H]1OC(=O)[C@@H](O)[C@@H]1OC(=O)C=Cc1ccc(O)c(O)c1. The third-order valence-electron chi connectivity index (χ3n) is 2.98. The number of hydrogen-bond acceptors (Lipinski definition) is 7. The third-order valence-corrected chi connectivity index (χ3v) is 2.98. The predicted molar refractivity (Wildman–Crippen MR) is 70.2 cm³/mol. The van der Waals surface area contributed by atoms with Crippen LogP contribution in [0.3, 0.4) is 0 Å². The van der Waals surface area contributed by atoms with Gasteiger partial charge < -0.3 is 24.8 Å². The van der Waals surface area contributed by atoms with Crippen molar-refractivity contribution in [3.63, 3.8) is 0 Å². The molecule has 0 bridgehead atoms. The van der Waals surface area contributed by atoms with Gasteiger partial charge in [-0.15, -0.1) is 0 Å². The van der Waals surface area contributed by atoms with E-state index in [0.29, 0.717) is 5.56 Å². The number of hydrogen-bond donors (Lipinski definition) is 3. The minimum atomic E-state index is -1.49. The molecule has 0 radical (unpaired) electrons. The highest BCUT2D eigenvalue weighted by Crippen LogP contribution is 2.25. The zero-order chi connectivity index (χ0) is 15.6. The molecule has 1 saturated heterocycles. The van der Waals surface area contributed by atoms with Gasteiger partial charge in [0.1, 0.15) is 6.10 Å². The maximum absolute atomic E-state index is 11.6. The van der Waals surface area contributed by atoms with Gasteiger partial charge in [-0.1, -0.05) is 6.07 Å². The lowest BCUT2D eigenvalue weighted by Gasteiger charge is -2.14. The van der Waals surface area contributed by atoms with Crippen LogP contribution >= 0.6 is 0 Å². The summed E-state index contributed by atoms with van der Waals surface area (Å²) in [6.45, 7) is 1.51. The van der Waals surface area contributed by atoms with E-state index in [-0.39, 0.29) is 11.5 Å². The Bertz CT molecular complexity index is 593. The van der Waals surface area contributed by atoms with Crippen LogP contribution in [-0.4, -0.2) is 45.6 Å². The van der Waals surface area contributed by atoms with E-state index in [4.69, 9.17) is 14.6 Å². The maximum Gasteiger partial charge on any atom is 0.339 e. The number of carbonyl (C=O) groups is 2. The van der Waals surface area contributed by atoms with Gasteiger partial charge in [0.25, 0.3) is 0 Å². The number of carbonyl (C=O) groups excluding carboxylic acids is 2. The number of aliphatic hydroxyl groups is 1. The summed E-state index contributed by atoms with van der Waals surface area (Å²) in [5.74, 6) is -2.18. The summed E-state index contributed by atoms with van der Waals surface area (Å²) in [5, 5.41) is 28.0. The Hall–Kier alpha value is -2.54. The smallest absolute Gasteiger partial charge is 0.339 e. The molecule has 0 unspecified atom stereocenters. The van der Waals surface area contributed by atoms with Crippen molar-refractivity contribution in [1.29, 1.82) is 0 Å². The Balaban J connectivity index is 1.99. The van der Waals surface area contributed by atoms with Crippen LogP contribution in [0, 0.1) is 0 Å². The summed E-state index contributed by atoms with van der Waals surface area (Å²) in [6, 6.07) is 4.02. The van der Waals surface area contributed by atoms with E-state index in [1.165, 1.54) is 31.2 Å². The van der Waals surface area contributed by atoms with Crippen LogP contribution in [0.25, 0.3) is 6.08 Å². The molecular weight excluding hydrogens is 280 g/mol. The fourth-order valence-corrected chi connectivity index (χ4v) is 1.85. The Morgan fingerprint density at radius 1 is 1.33 bits per heavy atom. The minimum Gasteiger partial charge on any atom is -0.504 e. The Kier molecular flexibility index (Phi) is 4.13. The normalized spacial score (nSPS) is 25.0. The van der Waals surface area contributed by atoms with Crippen molar-refractivity contribution in [2.24, 2.45) is 0 Å². The summed E-state index contributed by atoms with van der Waals surface area (Å²) in [7, 11) is 0. The first-order valence-corrected chi connectivity index (χ1v) is 6.17. The van der Waals surface area contributed by atoms with Crippen molar-refractivity contribution >= 4 is 18.0 Å². The summed E-state index contributed by atoms with van der Waals surface area (Å²) in [6.07, 6.45) is -0.829. The van der Waals surface area contributed by atoms with Gasteiger partial charge in [0, 0.05) is 6.08 Å². The zero-order valence-electron chi connectivity index (χ0n) is 11.1. The van der Waals surface area contributed by atoms with Crippen LogP contribution in [0.5, 0.6) is 11.5 Å². The molecule has 2 rings (SSSR count). The van der Waals surface area contributed by atoms with Gasteiger partial charge in [-0.05, 0) is 30.7 Å². The highest BCUT2D eigenvalue weighted by Gasteiger charge is 2.43. The monoisotopic (exact) mass is 294 g/mol. The number of phenols is 2. The number of cyclic esters (lactones) is 1. The second kappa shape index (κ2) is 5.84. The molecular formula is C14H14O7. The molecule has 0 aliphatic carbocycles. The second-order valence-electron chi connectivity index (χ2n) is 4.57. The highest BCUT2D eigenvalue weighted by molar-refractivity contribution is 5.88. The van der Waals surface area contributed by atoms with E-state index in [1.54, 1.807) is 0 Å². The van der Waals surface area contributed by atoms with Gasteiger partial charge in [0.2, 0.25) is 0 Å². The van der Waals surface area contributed by atoms with Gasteiger partial charge in [-0.2, -0.15) is 0 Å². The Morgan fingerprint density at radius 2 is 2.05 bits per heavy atom. The van der Waals surface area contributed by atoms with E-state index in [1.807, 2.05) is 0 Å². The Labute approximate surface area is 120 Å². The van der Waals surface area contributed by atoms with E-state index in [0.717, 1.165) is 6.08 Å². The van der Waals surface area contributed by atoms with Crippen molar-refractivity contribution in [3.8, 4) is 11.5 Å². The fourth-order valence-electron chi connectivity index (χ4n) is 1.85. The molecule has 7 nitrogen and oxygen atoms in total. The Morgan fingerprint density at radius 3 is 2.62 bits per heavy atom. The molecule has 112 valence electrons. The van der Waals surface area contributed by atoms with Gasteiger partial charge in [-0.25, -0.2) is 9.59 Å². The molecule has 21 heavy (non-hydrogen) atoms. The lowest BCUT2D eigenvalue weighted by molar-refractivity contribution is -0.149. The molecule has 1 fully saturated rings. The van der Waals surface area contributed by atoms with Crippen LogP contribution in [0.15, 0.2) is 24.3 Å². The topological polar surface area (TPSA) is 113 Å². The molecule has 1 aromatic rings. The average molecular weight is 294 g/mol. The van der Waals surface area contributed by atoms with Crippen molar-refractivity contribution in [1.82, 2.24) is 0 Å². The standard InChI is InChI=1S/C14H14O7/c1-7-13(12(18)14(19)20-7)21-11(17)5-3-8-2-4-9(15)10(16)6-8/h2-7,12-13,15-16,18H,1H3/t7-,12+,13-/m1/s1. The van der Waals surface area contributed by atoms with Gasteiger partial charge >= 0.3 is 11.9 Å². The van der Waals surface area contributed by atoms with Crippen molar-refractivity contribution < 1.29 is 34.4 Å². The molecule has 0 saturated carbocycles. The summed E-state index contributed by atoms with van der Waals surface area (Å²) in [5.41, 5.74) is 0.467. The average Bonchev–Trinajstić information content (AvgIpc) is 2.67. The summed E-state index contributed by atoms with van der Waals surface area (Å²) < 4.78 is 9.68. The molecule has 3 atom stereocenters. The fraction of sp³-hybridized carbons (Fsp3) is 0.286. The van der Waals surface area contributed by atoms with Gasteiger partial charge in [-0.3, -0.25) is 0 Å². The lowest BCUT2D eigenvalue weighted by Crippen LogP contribution is -2.34. The maximum atomic E-state index is 11.6. The van der Waals surface area contributed by atoms with Crippen molar-refractivity contribution in [3.05, 3.63) is 29.8 Å². The third kappa shape index (κ3) is 3.32. The van der Waals surface area contributed by atoms with Crippen LogP contribution in [-0.2, 0) is 19.1 Å². The van der Waals surface area contributed by atoms with Crippen LogP contribution in [0.1, 0.15) is 12.5 Å². The molecule has 0 amide bonds. The van der Waals surface area contributed by atoms with Gasteiger partial charge in [0.05, 0.1) is 0 Å². The number of aliphatic hydroxyl groups excluding tert-OH is 1. The van der Waals surface area contributed by atoms with E-state index in [9.17, 15) is 19.8 Å². The largest absolute Gasteiger partial charge is 0.504 e. The molecule has 0 aromatic heterocycles. The van der Waals surface area contributed by atoms with Crippen molar-refractivity contribution in [2.45, 2.75) is 25.2 Å². The number of esters is 2. The van der Waals surface area contributed by atoms with E-state index >= 15 is 0 Å². The molecule has 1 heterocycles. The van der Waals surface area contributed by atoms with Crippen molar-refractivity contribution in [2.75, 3.05) is 0 Å². The predicted octanol–water partition coefficient (Wildman–Crippen LogP) is 0.329. The van der Waals surface area contributed by atoms with Crippen LogP contribution < -0.4 is 0 Å². The first-order valence-electron chi connectivity index (χ1n) is 6.17. The van der Waals surface area contributed by atoms with E-state index in [2.05, 4.69) is 0 Å². The van der Waals surface area contributed by atoms with Gasteiger partial charge in [0.15, 0.2) is 23.7 Å². The number of benzene rings is 1. The van der Waals surface area contributed by atoms with Crippen LogP contribution in [0.2, 0.25) is 0 Å². The van der Waals surface area contributed by atoms with E-state index < -0.39 is 30.3 Å². The number of phenolic OH excluding ortho intramolecular Hbond substituents is 2. The first-order chi connectivity index (χ1) is 9.88. The zero-order valence-corrected chi connectivity index (χ0v) is 11.1. The molecule has 1 aromatic carbocycles. The molecule has 1 aliphatic heterocycles. The first kappa shape index (κ1) is 14.9. The second-order valence-corrected chi connectivity index (χ2v) is 4.57. The molecule has 3 N–H and O–H groups in total. The highest BCUT2D eigenvalue weighted by atomic mass is 16.6. The number of rotatable bonds is 3. The van der Waals surface area contributed by atoms with Crippen LogP contribution in [0.4, 0.5) is 0 Å². The molecule has 0 spiro atoms. The quantitative estimate of drug-likeness (QED) is 0.418. The number of ether oxygens (including phenoxy) is 2. The molecule has 7 heteroatoms.